The summed E-state index contributed by atoms with van der Waals surface area (Å²) in [6, 6.07) is 0. The quantitative estimate of drug-likeness (QED) is 0.612. The summed E-state index contributed by atoms with van der Waals surface area (Å²) in [6.07, 6.45) is 4.50. The van der Waals surface area contributed by atoms with Crippen LogP contribution in [0.3, 0.4) is 0 Å². The Hall–Kier alpha value is -0.0900. The molecule has 3 nitrogen and oxygen atoms in total. The van der Waals surface area contributed by atoms with Crippen molar-refractivity contribution in [1.29, 1.82) is 0 Å². The fourth-order valence-corrected chi connectivity index (χ4v) is 4.01. The second kappa shape index (κ2) is 2.23. The van der Waals surface area contributed by atoms with Gasteiger partial charge in [0.2, 0.25) is 10.0 Å². The lowest BCUT2D eigenvalue weighted by Gasteiger charge is -2.22. The first-order valence-electron chi connectivity index (χ1n) is 4.45. The Morgan fingerprint density at radius 1 is 1.50 bits per heavy atom. The molecule has 0 bridgehead atoms. The van der Waals surface area contributed by atoms with Crippen LogP contribution in [0, 0.1) is 5.92 Å². The van der Waals surface area contributed by atoms with E-state index in [1.165, 1.54) is 6.26 Å². The van der Waals surface area contributed by atoms with Crippen molar-refractivity contribution in [3.05, 3.63) is 0 Å². The van der Waals surface area contributed by atoms with Gasteiger partial charge >= 0.3 is 0 Å². The zero-order valence-electron chi connectivity index (χ0n) is 7.58. The maximum Gasteiger partial charge on any atom is 0.211 e. The molecule has 0 aromatic heterocycles. The Morgan fingerprint density at radius 3 is 2.42 bits per heavy atom. The highest BCUT2D eigenvalue weighted by atomic mass is 32.2. The van der Waals surface area contributed by atoms with Gasteiger partial charge in [0.25, 0.3) is 0 Å². The van der Waals surface area contributed by atoms with Crippen LogP contribution in [0.5, 0.6) is 0 Å². The Morgan fingerprint density at radius 2 is 2.08 bits per heavy atom. The molecular weight excluding hydrogens is 174 g/mol. The third-order valence-corrected chi connectivity index (χ3v) is 4.63. The standard InChI is InChI=1S/C8H15NO2S/c1-7-6-8(7)4-3-5-9(8)12(2,10)11/h7H,3-6H2,1-2H3/t7-,8?/m1/s1. The Bertz CT molecular complexity index is 298. The molecule has 2 rings (SSSR count). The summed E-state index contributed by atoms with van der Waals surface area (Å²) in [4.78, 5) is 0. The topological polar surface area (TPSA) is 37.4 Å². The van der Waals surface area contributed by atoms with E-state index in [0.29, 0.717) is 5.92 Å². The van der Waals surface area contributed by atoms with Crippen molar-refractivity contribution >= 4 is 10.0 Å². The molecule has 1 heterocycles. The number of rotatable bonds is 1. The predicted molar refractivity (Wildman–Crippen MR) is 47.3 cm³/mol. The number of hydrogen-bond acceptors (Lipinski definition) is 2. The number of sulfonamides is 1. The highest BCUT2D eigenvalue weighted by molar-refractivity contribution is 7.88. The van der Waals surface area contributed by atoms with Crippen molar-refractivity contribution in [2.75, 3.05) is 12.8 Å². The van der Waals surface area contributed by atoms with E-state index in [1.807, 2.05) is 0 Å². The molecule has 2 fully saturated rings. The van der Waals surface area contributed by atoms with E-state index >= 15 is 0 Å². The lowest BCUT2D eigenvalue weighted by molar-refractivity contribution is 0.354. The van der Waals surface area contributed by atoms with Crippen LogP contribution in [0.2, 0.25) is 0 Å². The van der Waals surface area contributed by atoms with Gasteiger partial charge in [-0.1, -0.05) is 6.92 Å². The van der Waals surface area contributed by atoms with Gasteiger partial charge < -0.3 is 0 Å². The number of nitrogens with zero attached hydrogens (tertiary/aromatic N) is 1. The molecule has 70 valence electrons. The molecular formula is C8H15NO2S. The first kappa shape index (κ1) is 8.51. The summed E-state index contributed by atoms with van der Waals surface area (Å²) < 4.78 is 24.4. The van der Waals surface area contributed by atoms with Crippen LogP contribution >= 0.6 is 0 Å². The van der Waals surface area contributed by atoms with Crippen molar-refractivity contribution in [2.45, 2.75) is 31.7 Å². The van der Waals surface area contributed by atoms with E-state index in [-0.39, 0.29) is 5.54 Å². The summed E-state index contributed by atoms with van der Waals surface area (Å²) in [5.41, 5.74) is 0.0492. The van der Waals surface area contributed by atoms with Crippen molar-refractivity contribution < 1.29 is 8.42 Å². The van der Waals surface area contributed by atoms with Crippen LogP contribution in [-0.2, 0) is 10.0 Å². The molecule has 0 aromatic carbocycles. The van der Waals surface area contributed by atoms with E-state index in [2.05, 4.69) is 6.92 Å². The first-order chi connectivity index (χ1) is 5.47. The Labute approximate surface area is 73.8 Å². The zero-order valence-corrected chi connectivity index (χ0v) is 8.39. The van der Waals surface area contributed by atoms with E-state index in [9.17, 15) is 8.42 Å². The summed E-state index contributed by atoms with van der Waals surface area (Å²) in [5.74, 6) is 0.578. The average molecular weight is 189 g/mol. The molecule has 0 N–H and O–H groups in total. The minimum Gasteiger partial charge on any atom is -0.212 e. The third kappa shape index (κ3) is 1.01. The molecule has 1 unspecified atom stereocenters. The van der Waals surface area contributed by atoms with Crippen LogP contribution in [0.25, 0.3) is 0 Å². The van der Waals surface area contributed by atoms with E-state index in [1.54, 1.807) is 4.31 Å². The molecule has 12 heavy (non-hydrogen) atoms. The van der Waals surface area contributed by atoms with Gasteiger partial charge in [-0.2, -0.15) is 4.31 Å². The summed E-state index contributed by atoms with van der Waals surface area (Å²) in [5, 5.41) is 0. The van der Waals surface area contributed by atoms with Crippen molar-refractivity contribution in [1.82, 2.24) is 4.31 Å². The van der Waals surface area contributed by atoms with Crippen molar-refractivity contribution in [2.24, 2.45) is 5.92 Å². The number of hydrogen-bond donors (Lipinski definition) is 0. The van der Waals surface area contributed by atoms with Crippen LogP contribution in [0.4, 0.5) is 0 Å². The second-order valence-corrected chi connectivity index (χ2v) is 6.05. The second-order valence-electron chi connectivity index (χ2n) is 4.15. The fourth-order valence-electron chi connectivity index (χ4n) is 2.54. The van der Waals surface area contributed by atoms with E-state index in [4.69, 9.17) is 0 Å². The van der Waals surface area contributed by atoms with Gasteiger partial charge in [-0.25, -0.2) is 8.42 Å². The lowest BCUT2D eigenvalue weighted by atomic mass is 10.2. The molecule has 1 saturated heterocycles. The maximum atomic E-state index is 11.4. The molecule has 2 atom stereocenters. The molecule has 0 radical (unpaired) electrons. The smallest absolute Gasteiger partial charge is 0.211 e. The summed E-state index contributed by atoms with van der Waals surface area (Å²) in [6.45, 7) is 2.88. The third-order valence-electron chi connectivity index (χ3n) is 3.28. The minimum atomic E-state index is -2.95. The van der Waals surface area contributed by atoms with Crippen molar-refractivity contribution in [3.63, 3.8) is 0 Å². The van der Waals surface area contributed by atoms with Gasteiger partial charge in [-0.05, 0) is 25.2 Å². The normalized spacial score (nSPS) is 42.3. The van der Waals surface area contributed by atoms with Crippen LogP contribution in [0.15, 0.2) is 0 Å². The lowest BCUT2D eigenvalue weighted by Crippen LogP contribution is -2.37. The molecule has 0 aromatic rings. The van der Waals surface area contributed by atoms with Gasteiger partial charge in [0, 0.05) is 12.1 Å². The van der Waals surface area contributed by atoms with Gasteiger partial charge in [-0.3, -0.25) is 0 Å². The van der Waals surface area contributed by atoms with Gasteiger partial charge in [-0.15, -0.1) is 0 Å². The van der Waals surface area contributed by atoms with E-state index < -0.39 is 10.0 Å². The molecule has 1 spiro atoms. The molecule has 4 heteroatoms. The Balaban J connectivity index is 2.28. The van der Waals surface area contributed by atoms with Gasteiger partial charge in [0.15, 0.2) is 0 Å². The monoisotopic (exact) mass is 189 g/mol. The van der Waals surface area contributed by atoms with Crippen LogP contribution in [0.1, 0.15) is 26.2 Å². The maximum absolute atomic E-state index is 11.4. The molecule has 1 aliphatic carbocycles. The van der Waals surface area contributed by atoms with Gasteiger partial charge in [0.05, 0.1) is 6.26 Å². The fraction of sp³-hybridized carbons (Fsp3) is 1.00. The Kier molecular flexibility index (Phi) is 1.58. The highest BCUT2D eigenvalue weighted by Gasteiger charge is 2.60. The summed E-state index contributed by atoms with van der Waals surface area (Å²) >= 11 is 0. The molecule has 1 saturated carbocycles. The molecule has 1 aliphatic heterocycles. The first-order valence-corrected chi connectivity index (χ1v) is 6.29. The minimum absolute atomic E-state index is 0.0492. The largest absolute Gasteiger partial charge is 0.212 e. The van der Waals surface area contributed by atoms with Crippen LogP contribution in [-0.4, -0.2) is 31.1 Å². The van der Waals surface area contributed by atoms with E-state index in [0.717, 1.165) is 25.8 Å². The van der Waals surface area contributed by atoms with Gasteiger partial charge in [0.1, 0.15) is 0 Å². The predicted octanol–water partition coefficient (Wildman–Crippen LogP) is 0.820. The van der Waals surface area contributed by atoms with Crippen LogP contribution < -0.4 is 0 Å². The highest BCUT2D eigenvalue weighted by Crippen LogP contribution is 2.55. The average Bonchev–Trinajstić information content (AvgIpc) is 2.44. The van der Waals surface area contributed by atoms with Crippen molar-refractivity contribution in [3.8, 4) is 0 Å². The molecule has 2 aliphatic rings. The SMILES string of the molecule is C[C@@H]1CC12CCCN2S(C)(=O)=O. The zero-order chi connectivity index (χ0) is 8.98. The summed E-state index contributed by atoms with van der Waals surface area (Å²) in [7, 11) is -2.95. The molecule has 0 amide bonds.